The molecule has 0 aliphatic heterocycles. The molecule has 25 heavy (non-hydrogen) atoms. The summed E-state index contributed by atoms with van der Waals surface area (Å²) in [5.74, 6) is 1.79. The molecule has 0 aliphatic carbocycles. The van der Waals surface area contributed by atoms with Crippen LogP contribution in [0, 0.1) is 13.8 Å². The minimum atomic E-state index is 0.773. The van der Waals surface area contributed by atoms with Crippen LogP contribution in [0.3, 0.4) is 0 Å². The van der Waals surface area contributed by atoms with Crippen LogP contribution in [0.5, 0.6) is 0 Å². The second-order valence-electron chi connectivity index (χ2n) is 5.93. The van der Waals surface area contributed by atoms with E-state index in [1.165, 1.54) is 9.88 Å². The zero-order valence-corrected chi connectivity index (χ0v) is 15.7. The molecule has 0 aliphatic rings. The van der Waals surface area contributed by atoms with Gasteiger partial charge in [0, 0.05) is 43.2 Å². The number of benzene rings is 1. The van der Waals surface area contributed by atoms with Gasteiger partial charge in [-0.05, 0) is 26.0 Å². The first-order chi connectivity index (χ1) is 12.2. The summed E-state index contributed by atoms with van der Waals surface area (Å²) in [7, 11) is 1.79. The number of guanidine groups is 1. The van der Waals surface area contributed by atoms with Gasteiger partial charge in [0.1, 0.15) is 11.3 Å². The minimum absolute atomic E-state index is 0.773. The van der Waals surface area contributed by atoms with Gasteiger partial charge in [0.15, 0.2) is 5.96 Å². The molecule has 0 radical (unpaired) electrons. The van der Waals surface area contributed by atoms with Crippen LogP contribution in [-0.2, 0) is 12.8 Å². The zero-order chi connectivity index (χ0) is 17.6. The number of aryl methyl sites for hydroxylation is 2. The van der Waals surface area contributed by atoms with Crippen molar-refractivity contribution >= 4 is 28.3 Å². The number of hydrogen-bond acceptors (Lipinski definition) is 4. The van der Waals surface area contributed by atoms with Crippen molar-refractivity contribution in [3.05, 3.63) is 51.7 Å². The maximum absolute atomic E-state index is 5.83. The van der Waals surface area contributed by atoms with Crippen LogP contribution in [0.15, 0.2) is 39.7 Å². The Hall–Kier alpha value is -2.34. The van der Waals surface area contributed by atoms with E-state index in [-0.39, 0.29) is 0 Å². The summed E-state index contributed by atoms with van der Waals surface area (Å²) >= 11 is 1.77. The summed E-state index contributed by atoms with van der Waals surface area (Å²) in [6, 6.07) is 10.2. The molecular weight excluding hydrogens is 332 g/mol. The molecule has 0 saturated heterocycles. The molecule has 2 N–H and O–H groups in total. The summed E-state index contributed by atoms with van der Waals surface area (Å²) in [4.78, 5) is 10.1. The lowest BCUT2D eigenvalue weighted by Crippen LogP contribution is -2.39. The second kappa shape index (κ2) is 8.16. The lowest BCUT2D eigenvalue weighted by molar-refractivity contribution is 0.544. The van der Waals surface area contributed by atoms with E-state index in [4.69, 9.17) is 4.42 Å². The molecule has 6 heteroatoms. The van der Waals surface area contributed by atoms with Crippen LogP contribution in [-0.4, -0.2) is 31.1 Å². The first kappa shape index (κ1) is 17.5. The number of para-hydroxylation sites is 1. The number of rotatable bonds is 6. The van der Waals surface area contributed by atoms with Crippen molar-refractivity contribution in [2.75, 3.05) is 20.1 Å². The fourth-order valence-electron chi connectivity index (χ4n) is 2.62. The highest BCUT2D eigenvalue weighted by Gasteiger charge is 2.05. The number of aromatic nitrogens is 1. The van der Waals surface area contributed by atoms with Crippen molar-refractivity contribution in [1.82, 2.24) is 15.6 Å². The lowest BCUT2D eigenvalue weighted by atomic mass is 10.2. The van der Waals surface area contributed by atoms with Crippen LogP contribution >= 0.6 is 11.3 Å². The molecule has 0 saturated carbocycles. The van der Waals surface area contributed by atoms with Crippen molar-refractivity contribution in [3.8, 4) is 0 Å². The molecule has 1 aromatic carbocycles. The highest BCUT2D eigenvalue weighted by Crippen LogP contribution is 2.19. The highest BCUT2D eigenvalue weighted by molar-refractivity contribution is 7.11. The van der Waals surface area contributed by atoms with E-state index in [1.54, 1.807) is 18.4 Å². The third-order valence-corrected chi connectivity index (χ3v) is 5.20. The fourth-order valence-corrected chi connectivity index (χ4v) is 3.55. The Morgan fingerprint density at radius 2 is 1.92 bits per heavy atom. The first-order valence-electron chi connectivity index (χ1n) is 8.50. The molecule has 2 aromatic heterocycles. The minimum Gasteiger partial charge on any atom is -0.461 e. The van der Waals surface area contributed by atoms with Crippen LogP contribution < -0.4 is 10.6 Å². The average molecular weight is 356 g/mol. The molecule has 3 rings (SSSR count). The Kier molecular flexibility index (Phi) is 5.71. The van der Waals surface area contributed by atoms with E-state index >= 15 is 0 Å². The Morgan fingerprint density at radius 1 is 1.16 bits per heavy atom. The summed E-state index contributed by atoms with van der Waals surface area (Å²) in [6.45, 7) is 5.76. The number of nitrogens with zero attached hydrogens (tertiary/aromatic N) is 2. The maximum Gasteiger partial charge on any atom is 0.191 e. The fraction of sp³-hybridized carbons (Fsp3) is 0.368. The molecular formula is C19H24N4OS. The Labute approximate surface area is 152 Å². The van der Waals surface area contributed by atoms with Gasteiger partial charge in [-0.15, -0.1) is 11.3 Å². The molecule has 0 spiro atoms. The van der Waals surface area contributed by atoms with Crippen molar-refractivity contribution < 1.29 is 4.42 Å². The quantitative estimate of drug-likeness (QED) is 0.524. The van der Waals surface area contributed by atoms with Crippen LogP contribution in [0.4, 0.5) is 0 Å². The number of fused-ring (bicyclic) bond motifs is 1. The Morgan fingerprint density at radius 3 is 2.60 bits per heavy atom. The first-order valence-corrected chi connectivity index (χ1v) is 9.32. The largest absolute Gasteiger partial charge is 0.461 e. The molecule has 0 unspecified atom stereocenters. The van der Waals surface area contributed by atoms with Gasteiger partial charge < -0.3 is 15.1 Å². The standard InChI is InChI=1S/C19H24N4OS/c1-13-14(2)25-18(23-13)9-11-22-19(20-3)21-10-8-16-12-15-6-4-5-7-17(15)24-16/h4-7,12H,8-11H2,1-3H3,(H2,20,21,22). The van der Waals surface area contributed by atoms with Crippen molar-refractivity contribution in [3.63, 3.8) is 0 Å². The smallest absolute Gasteiger partial charge is 0.191 e. The number of hydrogen-bond donors (Lipinski definition) is 2. The van der Waals surface area contributed by atoms with Crippen molar-refractivity contribution in [1.29, 1.82) is 0 Å². The molecule has 5 nitrogen and oxygen atoms in total. The van der Waals surface area contributed by atoms with Gasteiger partial charge in [0.05, 0.1) is 10.7 Å². The van der Waals surface area contributed by atoms with Crippen LogP contribution in [0.2, 0.25) is 0 Å². The van der Waals surface area contributed by atoms with E-state index in [1.807, 2.05) is 18.2 Å². The molecule has 0 amide bonds. The topological polar surface area (TPSA) is 62.5 Å². The summed E-state index contributed by atoms with van der Waals surface area (Å²) in [6.07, 6.45) is 1.73. The summed E-state index contributed by atoms with van der Waals surface area (Å²) in [5, 5.41) is 8.98. The number of thiazole rings is 1. The molecule has 2 heterocycles. The average Bonchev–Trinajstić information content (AvgIpc) is 3.16. The van der Waals surface area contributed by atoms with E-state index < -0.39 is 0 Å². The SMILES string of the molecule is CN=C(NCCc1cc2ccccc2o1)NCCc1nc(C)c(C)s1. The predicted octanol–water partition coefficient (Wildman–Crippen LogP) is 3.46. The van der Waals surface area contributed by atoms with Crippen LogP contribution in [0.25, 0.3) is 11.0 Å². The molecule has 0 atom stereocenters. The van der Waals surface area contributed by atoms with E-state index in [0.29, 0.717) is 0 Å². The van der Waals surface area contributed by atoms with Crippen LogP contribution in [0.1, 0.15) is 21.3 Å². The van der Waals surface area contributed by atoms with Crippen molar-refractivity contribution in [2.45, 2.75) is 26.7 Å². The number of aliphatic imine (C=N–C) groups is 1. The van der Waals surface area contributed by atoms with Gasteiger partial charge in [-0.25, -0.2) is 4.98 Å². The zero-order valence-electron chi connectivity index (χ0n) is 14.9. The van der Waals surface area contributed by atoms with Gasteiger partial charge in [-0.2, -0.15) is 0 Å². The third kappa shape index (κ3) is 4.60. The summed E-state index contributed by atoms with van der Waals surface area (Å²) in [5.41, 5.74) is 2.07. The van der Waals surface area contributed by atoms with Gasteiger partial charge in [-0.1, -0.05) is 18.2 Å². The lowest BCUT2D eigenvalue weighted by Gasteiger charge is -2.10. The van der Waals surface area contributed by atoms with Gasteiger partial charge in [-0.3, -0.25) is 4.99 Å². The third-order valence-electron chi connectivity index (χ3n) is 4.07. The predicted molar refractivity (Wildman–Crippen MR) is 105 cm³/mol. The number of furan rings is 1. The molecule has 3 aromatic rings. The molecule has 132 valence electrons. The second-order valence-corrected chi connectivity index (χ2v) is 7.21. The maximum atomic E-state index is 5.83. The van der Waals surface area contributed by atoms with E-state index in [2.05, 4.69) is 46.6 Å². The van der Waals surface area contributed by atoms with Crippen molar-refractivity contribution in [2.24, 2.45) is 4.99 Å². The van der Waals surface area contributed by atoms with E-state index in [0.717, 1.165) is 54.3 Å². The number of nitrogens with one attached hydrogen (secondary N) is 2. The Bertz CT molecular complexity index is 813. The van der Waals surface area contributed by atoms with E-state index in [9.17, 15) is 0 Å². The Balaban J connectivity index is 1.43. The van der Waals surface area contributed by atoms with Gasteiger partial charge in [0.25, 0.3) is 0 Å². The van der Waals surface area contributed by atoms with Gasteiger partial charge in [0.2, 0.25) is 0 Å². The summed E-state index contributed by atoms with van der Waals surface area (Å²) < 4.78 is 5.83. The molecule has 0 bridgehead atoms. The normalized spacial score (nSPS) is 11.9. The van der Waals surface area contributed by atoms with Gasteiger partial charge >= 0.3 is 0 Å². The highest BCUT2D eigenvalue weighted by atomic mass is 32.1. The molecule has 0 fully saturated rings. The monoisotopic (exact) mass is 356 g/mol.